The smallest absolute Gasteiger partial charge is 0.154 e. The first-order valence-corrected chi connectivity index (χ1v) is 5.18. The number of benzene rings is 1. The molecule has 0 aliphatic rings. The molecule has 0 bridgehead atoms. The lowest BCUT2D eigenvalue weighted by atomic mass is 10.1. The minimum Gasteiger partial charge on any atom is -0.274 e. The van der Waals surface area contributed by atoms with Crippen molar-refractivity contribution in [2.24, 2.45) is 7.05 Å². The van der Waals surface area contributed by atoms with Crippen LogP contribution < -0.4 is 0 Å². The molecule has 0 saturated carbocycles. The maximum absolute atomic E-state index is 13.6. The van der Waals surface area contributed by atoms with Crippen LogP contribution in [-0.4, -0.2) is 9.78 Å². The maximum Gasteiger partial charge on any atom is 0.154 e. The zero-order valence-corrected chi connectivity index (χ0v) is 9.93. The molecule has 0 unspecified atom stereocenters. The average Bonchev–Trinajstić information content (AvgIpc) is 2.59. The van der Waals surface area contributed by atoms with Crippen LogP contribution in [0.25, 0.3) is 10.9 Å². The van der Waals surface area contributed by atoms with Gasteiger partial charge in [-0.25, -0.2) is 4.39 Å². The summed E-state index contributed by atoms with van der Waals surface area (Å²) >= 11 is 0. The van der Waals surface area contributed by atoms with Gasteiger partial charge in [0.1, 0.15) is 5.52 Å². The van der Waals surface area contributed by atoms with Gasteiger partial charge in [-0.1, -0.05) is 13.8 Å². The molecule has 0 atom stereocenters. The molecular weight excluding hydrogens is 191 g/mol. The highest BCUT2D eigenvalue weighted by Crippen LogP contribution is 2.21. The van der Waals surface area contributed by atoms with E-state index in [1.165, 1.54) is 0 Å². The van der Waals surface area contributed by atoms with Crippen LogP contribution in [0.15, 0.2) is 12.3 Å². The molecule has 15 heavy (non-hydrogen) atoms. The number of nitrogens with zero attached hydrogens (tertiary/aromatic N) is 2. The van der Waals surface area contributed by atoms with Crippen molar-refractivity contribution in [3.8, 4) is 0 Å². The quantitative estimate of drug-likeness (QED) is 0.649. The zero-order chi connectivity index (χ0) is 11.6. The van der Waals surface area contributed by atoms with Crippen molar-refractivity contribution >= 4 is 10.9 Å². The first-order valence-electron chi connectivity index (χ1n) is 5.18. The second-order valence-corrected chi connectivity index (χ2v) is 3.37. The van der Waals surface area contributed by atoms with Crippen LogP contribution in [0, 0.1) is 19.7 Å². The van der Waals surface area contributed by atoms with Crippen molar-refractivity contribution in [2.75, 3.05) is 0 Å². The molecule has 1 heterocycles. The fraction of sp³-hybridized carbons (Fsp3) is 0.417. The molecule has 0 radical (unpaired) electrons. The fourth-order valence-corrected chi connectivity index (χ4v) is 1.48. The van der Waals surface area contributed by atoms with Crippen LogP contribution >= 0.6 is 0 Å². The standard InChI is InChI=1S/C10H11FN2.C2H6/c1-6-4-8-5-13(3)12-10(8)9(11)7(6)2;1-2/h4-5H,1-3H3;1-2H3. The Labute approximate surface area is 89.7 Å². The zero-order valence-electron chi connectivity index (χ0n) is 9.93. The Morgan fingerprint density at radius 3 is 2.47 bits per heavy atom. The molecule has 0 saturated heterocycles. The van der Waals surface area contributed by atoms with E-state index in [9.17, 15) is 4.39 Å². The Kier molecular flexibility index (Phi) is 3.45. The predicted octanol–water partition coefficient (Wildman–Crippen LogP) is 3.36. The maximum atomic E-state index is 13.6. The van der Waals surface area contributed by atoms with E-state index in [-0.39, 0.29) is 5.82 Å². The molecule has 3 heteroatoms. The normalized spacial score (nSPS) is 10.0. The summed E-state index contributed by atoms with van der Waals surface area (Å²) in [6.45, 7) is 7.68. The predicted molar refractivity (Wildman–Crippen MR) is 61.5 cm³/mol. The van der Waals surface area contributed by atoms with Crippen LogP contribution in [-0.2, 0) is 7.05 Å². The number of hydrogen-bond donors (Lipinski definition) is 0. The van der Waals surface area contributed by atoms with E-state index in [1.807, 2.05) is 33.0 Å². The monoisotopic (exact) mass is 208 g/mol. The number of rotatable bonds is 0. The summed E-state index contributed by atoms with van der Waals surface area (Å²) in [5.74, 6) is -0.199. The number of aromatic nitrogens is 2. The van der Waals surface area contributed by atoms with Crippen LogP contribution in [0.5, 0.6) is 0 Å². The summed E-state index contributed by atoms with van der Waals surface area (Å²) in [4.78, 5) is 0. The van der Waals surface area contributed by atoms with Gasteiger partial charge < -0.3 is 0 Å². The Balaban J connectivity index is 0.000000531. The SMILES string of the molecule is CC.Cc1cc2cn(C)nc2c(F)c1C. The van der Waals surface area contributed by atoms with Crippen molar-refractivity contribution in [1.82, 2.24) is 9.78 Å². The van der Waals surface area contributed by atoms with Gasteiger partial charge in [0, 0.05) is 18.6 Å². The molecule has 0 aliphatic carbocycles. The lowest BCUT2D eigenvalue weighted by molar-refractivity contribution is 0.622. The van der Waals surface area contributed by atoms with Gasteiger partial charge in [0.05, 0.1) is 0 Å². The molecule has 0 N–H and O–H groups in total. The Hall–Kier alpha value is -1.38. The van der Waals surface area contributed by atoms with Crippen molar-refractivity contribution in [3.05, 3.63) is 29.2 Å². The summed E-state index contributed by atoms with van der Waals surface area (Å²) in [5, 5.41) is 4.92. The third-order valence-corrected chi connectivity index (χ3v) is 2.36. The van der Waals surface area contributed by atoms with Gasteiger partial charge in [0.25, 0.3) is 0 Å². The summed E-state index contributed by atoms with van der Waals surface area (Å²) in [7, 11) is 1.80. The van der Waals surface area contributed by atoms with Gasteiger partial charge in [-0.2, -0.15) is 5.10 Å². The molecule has 82 valence electrons. The third kappa shape index (κ3) is 2.01. The minimum atomic E-state index is -0.199. The average molecular weight is 208 g/mol. The van der Waals surface area contributed by atoms with Crippen LogP contribution in [0.3, 0.4) is 0 Å². The Morgan fingerprint density at radius 1 is 1.27 bits per heavy atom. The summed E-state index contributed by atoms with van der Waals surface area (Å²) in [6.07, 6.45) is 1.82. The van der Waals surface area contributed by atoms with Crippen LogP contribution in [0.4, 0.5) is 4.39 Å². The van der Waals surface area contributed by atoms with Gasteiger partial charge in [-0.3, -0.25) is 4.68 Å². The topological polar surface area (TPSA) is 17.8 Å². The summed E-state index contributed by atoms with van der Waals surface area (Å²) < 4.78 is 15.2. The Morgan fingerprint density at radius 2 is 1.87 bits per heavy atom. The highest BCUT2D eigenvalue weighted by atomic mass is 19.1. The highest BCUT2D eigenvalue weighted by molar-refractivity contribution is 5.80. The van der Waals surface area contributed by atoms with Gasteiger partial charge >= 0.3 is 0 Å². The van der Waals surface area contributed by atoms with Crippen molar-refractivity contribution in [2.45, 2.75) is 27.7 Å². The molecule has 2 rings (SSSR count). The van der Waals surface area contributed by atoms with Gasteiger partial charge in [0.15, 0.2) is 5.82 Å². The first-order chi connectivity index (χ1) is 7.09. The second-order valence-electron chi connectivity index (χ2n) is 3.37. The Bertz CT molecular complexity index is 472. The van der Waals surface area contributed by atoms with Crippen molar-refractivity contribution in [3.63, 3.8) is 0 Å². The molecule has 0 aliphatic heterocycles. The minimum absolute atomic E-state index is 0.199. The van der Waals surface area contributed by atoms with E-state index >= 15 is 0 Å². The van der Waals surface area contributed by atoms with Crippen molar-refractivity contribution in [1.29, 1.82) is 0 Å². The fourth-order valence-electron chi connectivity index (χ4n) is 1.48. The molecule has 2 aromatic rings. The van der Waals surface area contributed by atoms with Crippen LogP contribution in [0.1, 0.15) is 25.0 Å². The van der Waals surface area contributed by atoms with E-state index in [4.69, 9.17) is 0 Å². The van der Waals surface area contributed by atoms with Gasteiger partial charge in [-0.05, 0) is 31.0 Å². The van der Waals surface area contributed by atoms with E-state index in [1.54, 1.807) is 18.7 Å². The second kappa shape index (κ2) is 4.43. The number of fused-ring (bicyclic) bond motifs is 1. The summed E-state index contributed by atoms with van der Waals surface area (Å²) in [6, 6.07) is 1.96. The molecular formula is C12H17FN2. The van der Waals surface area contributed by atoms with Gasteiger partial charge in [0.2, 0.25) is 0 Å². The number of hydrogen-bond acceptors (Lipinski definition) is 1. The van der Waals surface area contributed by atoms with Crippen molar-refractivity contribution < 1.29 is 4.39 Å². The molecule has 1 aromatic heterocycles. The van der Waals surface area contributed by atoms with Crippen LogP contribution in [0.2, 0.25) is 0 Å². The van der Waals surface area contributed by atoms with E-state index in [0.717, 1.165) is 10.9 Å². The van der Waals surface area contributed by atoms with E-state index < -0.39 is 0 Å². The van der Waals surface area contributed by atoms with E-state index in [2.05, 4.69) is 5.10 Å². The number of halogens is 1. The molecule has 0 amide bonds. The van der Waals surface area contributed by atoms with E-state index in [0.29, 0.717) is 11.1 Å². The molecule has 1 aromatic carbocycles. The molecule has 0 spiro atoms. The molecule has 0 fully saturated rings. The molecule has 2 nitrogen and oxygen atoms in total. The largest absolute Gasteiger partial charge is 0.274 e. The number of aryl methyl sites for hydroxylation is 2. The van der Waals surface area contributed by atoms with Gasteiger partial charge in [-0.15, -0.1) is 0 Å². The summed E-state index contributed by atoms with van der Waals surface area (Å²) in [5.41, 5.74) is 2.12. The lowest BCUT2D eigenvalue weighted by Gasteiger charge is -2.00. The highest BCUT2D eigenvalue weighted by Gasteiger charge is 2.09. The third-order valence-electron chi connectivity index (χ3n) is 2.36. The lowest BCUT2D eigenvalue weighted by Crippen LogP contribution is -1.90. The first kappa shape index (κ1) is 11.7.